The average molecular weight is 224 g/mol. The van der Waals surface area contributed by atoms with Crippen LogP contribution in [0.15, 0.2) is 11.3 Å². The number of hydrogen-bond acceptors (Lipinski definition) is 3. The van der Waals surface area contributed by atoms with Crippen LogP contribution < -0.4 is 10.6 Å². The van der Waals surface area contributed by atoms with Crippen molar-refractivity contribution in [2.45, 2.75) is 33.4 Å². The van der Waals surface area contributed by atoms with Crippen molar-refractivity contribution in [3.63, 3.8) is 0 Å². The Kier molecular flexibility index (Phi) is 5.31. The molecule has 0 unspecified atom stereocenters. The maximum absolute atomic E-state index is 4.12. The first-order chi connectivity index (χ1) is 7.81. The Labute approximate surface area is 96.2 Å². The highest BCUT2D eigenvalue weighted by molar-refractivity contribution is 5.79. The monoisotopic (exact) mass is 224 g/mol. The van der Waals surface area contributed by atoms with Crippen molar-refractivity contribution in [1.29, 1.82) is 0 Å². The molecule has 0 bridgehead atoms. The molecule has 0 saturated carbocycles. The molecule has 0 spiro atoms. The lowest BCUT2D eigenvalue weighted by Gasteiger charge is -2.10. The first kappa shape index (κ1) is 12.5. The summed E-state index contributed by atoms with van der Waals surface area (Å²) >= 11 is 0. The van der Waals surface area contributed by atoms with E-state index in [1.54, 1.807) is 13.4 Å². The van der Waals surface area contributed by atoms with E-state index in [-0.39, 0.29) is 0 Å². The first-order valence-corrected chi connectivity index (χ1v) is 5.63. The summed E-state index contributed by atoms with van der Waals surface area (Å²) in [5.41, 5.74) is 0. The lowest BCUT2D eigenvalue weighted by molar-refractivity contribution is 0.669. The highest BCUT2D eigenvalue weighted by atomic mass is 15.3. The molecule has 1 aromatic rings. The zero-order chi connectivity index (χ0) is 11.8. The van der Waals surface area contributed by atoms with E-state index in [0.29, 0.717) is 6.54 Å². The van der Waals surface area contributed by atoms with E-state index in [0.717, 1.165) is 31.3 Å². The predicted octanol–water partition coefficient (Wildman–Crippen LogP) is 0.373. The normalized spacial score (nSPS) is 11.6. The van der Waals surface area contributed by atoms with Crippen molar-refractivity contribution >= 4 is 5.96 Å². The second kappa shape index (κ2) is 6.81. The summed E-state index contributed by atoms with van der Waals surface area (Å²) in [4.78, 5) is 4.12. The summed E-state index contributed by atoms with van der Waals surface area (Å²) in [5, 5.41) is 14.3. The summed E-state index contributed by atoms with van der Waals surface area (Å²) in [6.45, 7) is 6.62. The highest BCUT2D eigenvalue weighted by Crippen LogP contribution is 1.93. The molecular formula is C10H20N6. The highest BCUT2D eigenvalue weighted by Gasteiger charge is 2.03. The summed E-state index contributed by atoms with van der Waals surface area (Å²) in [6, 6.07) is 0. The largest absolute Gasteiger partial charge is 0.356 e. The molecule has 6 heteroatoms. The van der Waals surface area contributed by atoms with E-state index in [1.807, 2.05) is 4.57 Å². The van der Waals surface area contributed by atoms with E-state index >= 15 is 0 Å². The van der Waals surface area contributed by atoms with Crippen LogP contribution in [0.3, 0.4) is 0 Å². The molecule has 6 nitrogen and oxygen atoms in total. The summed E-state index contributed by atoms with van der Waals surface area (Å²) < 4.78 is 2.00. The lowest BCUT2D eigenvalue weighted by atomic mass is 10.5. The fourth-order valence-electron chi connectivity index (χ4n) is 1.31. The minimum Gasteiger partial charge on any atom is -0.356 e. The minimum absolute atomic E-state index is 0.636. The van der Waals surface area contributed by atoms with Crippen LogP contribution in [0.4, 0.5) is 0 Å². The molecule has 0 aromatic carbocycles. The van der Waals surface area contributed by atoms with Crippen LogP contribution >= 0.6 is 0 Å². The number of guanidine groups is 1. The molecule has 0 aliphatic rings. The SMILES string of the molecule is CCCNC(=NC)NCc1nncn1CC. The maximum atomic E-state index is 4.12. The Morgan fingerprint density at radius 1 is 1.44 bits per heavy atom. The van der Waals surface area contributed by atoms with Crippen molar-refractivity contribution in [3.05, 3.63) is 12.2 Å². The van der Waals surface area contributed by atoms with Crippen LogP contribution in [0.1, 0.15) is 26.1 Å². The molecule has 0 radical (unpaired) electrons. The molecule has 1 aromatic heterocycles. The molecule has 2 N–H and O–H groups in total. The molecule has 0 saturated heterocycles. The number of nitrogens with zero attached hydrogens (tertiary/aromatic N) is 4. The van der Waals surface area contributed by atoms with Crippen molar-refractivity contribution in [2.75, 3.05) is 13.6 Å². The van der Waals surface area contributed by atoms with Gasteiger partial charge in [0.25, 0.3) is 0 Å². The van der Waals surface area contributed by atoms with Gasteiger partial charge in [0.15, 0.2) is 11.8 Å². The number of aryl methyl sites for hydroxylation is 1. The van der Waals surface area contributed by atoms with Gasteiger partial charge in [-0.15, -0.1) is 10.2 Å². The average Bonchev–Trinajstić information content (AvgIpc) is 2.77. The van der Waals surface area contributed by atoms with E-state index in [1.165, 1.54) is 0 Å². The van der Waals surface area contributed by atoms with Gasteiger partial charge in [-0.1, -0.05) is 6.92 Å². The number of aliphatic imine (C=N–C) groups is 1. The summed E-state index contributed by atoms with van der Waals surface area (Å²) in [5.74, 6) is 1.72. The van der Waals surface area contributed by atoms with Crippen molar-refractivity contribution in [2.24, 2.45) is 4.99 Å². The second-order valence-electron chi connectivity index (χ2n) is 3.39. The van der Waals surface area contributed by atoms with Crippen LogP contribution in [0.5, 0.6) is 0 Å². The topological polar surface area (TPSA) is 67.1 Å². The molecule has 16 heavy (non-hydrogen) atoms. The Morgan fingerprint density at radius 3 is 2.88 bits per heavy atom. The second-order valence-corrected chi connectivity index (χ2v) is 3.39. The molecule has 1 rings (SSSR count). The van der Waals surface area contributed by atoms with E-state index in [4.69, 9.17) is 0 Å². The van der Waals surface area contributed by atoms with Gasteiger partial charge in [-0.25, -0.2) is 0 Å². The van der Waals surface area contributed by atoms with Crippen molar-refractivity contribution < 1.29 is 0 Å². The third kappa shape index (κ3) is 3.52. The fourth-order valence-corrected chi connectivity index (χ4v) is 1.31. The number of nitrogens with one attached hydrogen (secondary N) is 2. The van der Waals surface area contributed by atoms with Gasteiger partial charge >= 0.3 is 0 Å². The van der Waals surface area contributed by atoms with Gasteiger partial charge in [0.2, 0.25) is 0 Å². The third-order valence-electron chi connectivity index (χ3n) is 2.22. The van der Waals surface area contributed by atoms with Crippen LogP contribution in [-0.2, 0) is 13.1 Å². The zero-order valence-corrected chi connectivity index (χ0v) is 10.2. The van der Waals surface area contributed by atoms with Gasteiger partial charge in [0.1, 0.15) is 6.33 Å². The van der Waals surface area contributed by atoms with Gasteiger partial charge in [-0.2, -0.15) is 0 Å². The van der Waals surface area contributed by atoms with Crippen LogP contribution in [0.2, 0.25) is 0 Å². The minimum atomic E-state index is 0.636. The zero-order valence-electron chi connectivity index (χ0n) is 10.2. The molecular weight excluding hydrogens is 204 g/mol. The Balaban J connectivity index is 2.43. The molecule has 1 heterocycles. The first-order valence-electron chi connectivity index (χ1n) is 5.63. The number of hydrogen-bond donors (Lipinski definition) is 2. The summed E-state index contributed by atoms with van der Waals surface area (Å²) in [7, 11) is 1.76. The van der Waals surface area contributed by atoms with Gasteiger partial charge in [-0.3, -0.25) is 4.99 Å². The van der Waals surface area contributed by atoms with E-state index in [2.05, 4.69) is 39.7 Å². The van der Waals surface area contributed by atoms with Gasteiger partial charge < -0.3 is 15.2 Å². The lowest BCUT2D eigenvalue weighted by Crippen LogP contribution is -2.37. The third-order valence-corrected chi connectivity index (χ3v) is 2.22. The van der Waals surface area contributed by atoms with Gasteiger partial charge in [0.05, 0.1) is 6.54 Å². The smallest absolute Gasteiger partial charge is 0.191 e. The molecule has 0 aliphatic heterocycles. The Morgan fingerprint density at radius 2 is 2.25 bits per heavy atom. The fraction of sp³-hybridized carbons (Fsp3) is 0.700. The van der Waals surface area contributed by atoms with E-state index < -0.39 is 0 Å². The van der Waals surface area contributed by atoms with Gasteiger partial charge in [-0.05, 0) is 13.3 Å². The quantitative estimate of drug-likeness (QED) is 0.560. The standard InChI is InChI=1S/C10H20N6/c1-4-6-12-10(11-3)13-7-9-15-14-8-16(9)5-2/h8H,4-7H2,1-3H3,(H2,11,12,13). The van der Waals surface area contributed by atoms with Crippen molar-refractivity contribution in [1.82, 2.24) is 25.4 Å². The number of aromatic nitrogens is 3. The predicted molar refractivity (Wildman–Crippen MR) is 64.2 cm³/mol. The maximum Gasteiger partial charge on any atom is 0.191 e. The van der Waals surface area contributed by atoms with Crippen molar-refractivity contribution in [3.8, 4) is 0 Å². The van der Waals surface area contributed by atoms with Crippen LogP contribution in [-0.4, -0.2) is 34.3 Å². The Bertz CT molecular complexity index is 330. The molecule has 0 fully saturated rings. The molecule has 90 valence electrons. The van der Waals surface area contributed by atoms with Crippen LogP contribution in [0.25, 0.3) is 0 Å². The molecule has 0 atom stereocenters. The van der Waals surface area contributed by atoms with E-state index in [9.17, 15) is 0 Å². The number of rotatable bonds is 5. The molecule has 0 amide bonds. The van der Waals surface area contributed by atoms with Crippen LogP contribution in [0, 0.1) is 0 Å². The molecule has 0 aliphatic carbocycles. The summed E-state index contributed by atoms with van der Waals surface area (Å²) in [6.07, 6.45) is 2.81. The Hall–Kier alpha value is -1.59. The van der Waals surface area contributed by atoms with Gasteiger partial charge in [0, 0.05) is 20.1 Å².